The largest absolute Gasteiger partial charge is 0.339 e. The molecule has 0 saturated heterocycles. The maximum absolute atomic E-state index is 13.1. The van der Waals surface area contributed by atoms with E-state index in [0.717, 1.165) is 0 Å². The molecule has 29 heavy (non-hydrogen) atoms. The van der Waals surface area contributed by atoms with Crippen LogP contribution in [0.15, 0.2) is 54.7 Å². The quantitative estimate of drug-likeness (QED) is 0.686. The number of amides is 2. The molecule has 2 amide bonds. The highest BCUT2D eigenvalue weighted by atomic mass is 19.1. The summed E-state index contributed by atoms with van der Waals surface area (Å²) < 4.78 is 14.7. The van der Waals surface area contributed by atoms with Crippen molar-refractivity contribution in [1.29, 1.82) is 0 Å². The van der Waals surface area contributed by atoms with Crippen LogP contribution in [0.1, 0.15) is 40.3 Å². The Morgan fingerprint density at radius 1 is 1.03 bits per heavy atom. The highest BCUT2D eigenvalue weighted by Crippen LogP contribution is 2.17. The molecule has 0 saturated carbocycles. The predicted octanol–water partition coefficient (Wildman–Crippen LogP) is 4.05. The lowest BCUT2D eigenvalue weighted by atomic mass is 10.1. The molecule has 1 aromatic heterocycles. The Balaban J connectivity index is 1.74. The number of carbonyl (C=O) groups excluding carboxylic acids is 2. The Kier molecular flexibility index (Phi) is 6.07. The number of nitrogens with zero attached hydrogens (tertiary/aromatic N) is 3. The molecule has 1 N–H and O–H groups in total. The van der Waals surface area contributed by atoms with E-state index in [1.807, 2.05) is 13.8 Å². The Morgan fingerprint density at radius 2 is 1.66 bits per heavy atom. The third kappa shape index (κ3) is 4.34. The molecule has 1 heterocycles. The summed E-state index contributed by atoms with van der Waals surface area (Å²) in [6.07, 6.45) is 1.48. The van der Waals surface area contributed by atoms with Gasteiger partial charge in [-0.2, -0.15) is 5.10 Å². The summed E-state index contributed by atoms with van der Waals surface area (Å²) in [6, 6.07) is 12.7. The lowest BCUT2D eigenvalue weighted by Gasteiger charge is -2.18. The Hall–Kier alpha value is -3.48. The Labute approximate surface area is 169 Å². The number of benzene rings is 2. The van der Waals surface area contributed by atoms with Crippen molar-refractivity contribution in [2.45, 2.75) is 20.8 Å². The van der Waals surface area contributed by atoms with Crippen LogP contribution >= 0.6 is 0 Å². The molecule has 6 nitrogen and oxygen atoms in total. The molecule has 0 radical (unpaired) electrons. The van der Waals surface area contributed by atoms with Crippen LogP contribution in [0.3, 0.4) is 0 Å². The zero-order chi connectivity index (χ0) is 21.0. The van der Waals surface area contributed by atoms with Gasteiger partial charge in [0, 0.05) is 24.3 Å². The third-order valence-electron chi connectivity index (χ3n) is 4.77. The van der Waals surface area contributed by atoms with Gasteiger partial charge >= 0.3 is 0 Å². The number of carbonyl (C=O) groups is 2. The highest BCUT2D eigenvalue weighted by molar-refractivity contribution is 6.05. The van der Waals surface area contributed by atoms with E-state index >= 15 is 0 Å². The van der Waals surface area contributed by atoms with Crippen molar-refractivity contribution in [3.63, 3.8) is 0 Å². The van der Waals surface area contributed by atoms with Crippen LogP contribution in [0, 0.1) is 12.7 Å². The van der Waals surface area contributed by atoms with Crippen molar-refractivity contribution in [2.24, 2.45) is 0 Å². The van der Waals surface area contributed by atoms with Crippen molar-refractivity contribution in [3.05, 3.63) is 77.4 Å². The first kappa shape index (κ1) is 20.3. The normalized spacial score (nSPS) is 10.6. The van der Waals surface area contributed by atoms with E-state index in [2.05, 4.69) is 10.4 Å². The van der Waals surface area contributed by atoms with Gasteiger partial charge in [-0.05, 0) is 69.3 Å². The number of anilines is 1. The molecule has 3 rings (SSSR count). The standard InChI is InChI=1S/C22H23FN4O2/c1-4-26(5-2)22(29)16-6-10-18(11-7-16)25-21(28)20-14-24-27(15(20)3)19-12-8-17(23)9-13-19/h6-14H,4-5H2,1-3H3,(H,25,28). The fourth-order valence-electron chi connectivity index (χ4n) is 3.06. The third-order valence-corrected chi connectivity index (χ3v) is 4.77. The SMILES string of the molecule is CCN(CC)C(=O)c1ccc(NC(=O)c2cnn(-c3ccc(F)cc3)c2C)cc1. The number of nitrogens with one attached hydrogen (secondary N) is 1. The topological polar surface area (TPSA) is 67.2 Å². The molecule has 2 aromatic carbocycles. The zero-order valence-electron chi connectivity index (χ0n) is 16.6. The van der Waals surface area contributed by atoms with Gasteiger partial charge in [0.1, 0.15) is 5.82 Å². The van der Waals surface area contributed by atoms with E-state index in [1.54, 1.807) is 52.9 Å². The fourth-order valence-corrected chi connectivity index (χ4v) is 3.06. The van der Waals surface area contributed by atoms with Gasteiger partial charge < -0.3 is 10.2 Å². The van der Waals surface area contributed by atoms with Gasteiger partial charge in [0.15, 0.2) is 0 Å². The second-order valence-electron chi connectivity index (χ2n) is 6.54. The molecular formula is C22H23FN4O2. The molecule has 3 aromatic rings. The van der Waals surface area contributed by atoms with Crippen molar-refractivity contribution in [2.75, 3.05) is 18.4 Å². The van der Waals surface area contributed by atoms with E-state index in [9.17, 15) is 14.0 Å². The lowest BCUT2D eigenvalue weighted by Crippen LogP contribution is -2.30. The van der Waals surface area contributed by atoms with Gasteiger partial charge in [-0.1, -0.05) is 0 Å². The van der Waals surface area contributed by atoms with Crippen LogP contribution in [0.2, 0.25) is 0 Å². The summed E-state index contributed by atoms with van der Waals surface area (Å²) in [6.45, 7) is 6.93. The minimum absolute atomic E-state index is 0.0377. The molecule has 0 unspecified atom stereocenters. The van der Waals surface area contributed by atoms with Gasteiger partial charge in [-0.25, -0.2) is 9.07 Å². The van der Waals surface area contributed by atoms with Gasteiger partial charge in [0.25, 0.3) is 11.8 Å². The van der Waals surface area contributed by atoms with E-state index in [0.29, 0.717) is 41.3 Å². The first-order chi connectivity index (χ1) is 13.9. The second-order valence-corrected chi connectivity index (χ2v) is 6.54. The summed E-state index contributed by atoms with van der Waals surface area (Å²) in [7, 11) is 0. The van der Waals surface area contributed by atoms with Crippen LogP contribution in [0.4, 0.5) is 10.1 Å². The summed E-state index contributed by atoms with van der Waals surface area (Å²) in [5.74, 6) is -0.678. The molecule has 0 spiro atoms. The van der Waals surface area contributed by atoms with Crippen molar-refractivity contribution in [3.8, 4) is 5.69 Å². The molecular weight excluding hydrogens is 371 g/mol. The first-order valence-electron chi connectivity index (χ1n) is 9.45. The minimum atomic E-state index is -0.334. The number of rotatable bonds is 6. The number of halogens is 1. The van der Waals surface area contributed by atoms with Crippen LogP contribution in [-0.4, -0.2) is 39.6 Å². The smallest absolute Gasteiger partial charge is 0.259 e. The molecule has 0 aliphatic carbocycles. The van der Waals surface area contributed by atoms with Gasteiger partial charge in [-0.15, -0.1) is 0 Å². The number of aromatic nitrogens is 2. The molecule has 0 bridgehead atoms. The predicted molar refractivity (Wildman–Crippen MR) is 110 cm³/mol. The van der Waals surface area contributed by atoms with E-state index in [-0.39, 0.29) is 17.6 Å². The molecule has 0 fully saturated rings. The van der Waals surface area contributed by atoms with Gasteiger partial charge in [0.05, 0.1) is 23.1 Å². The average molecular weight is 394 g/mol. The summed E-state index contributed by atoms with van der Waals surface area (Å²) >= 11 is 0. The first-order valence-corrected chi connectivity index (χ1v) is 9.45. The number of hydrogen-bond acceptors (Lipinski definition) is 3. The van der Waals surface area contributed by atoms with Crippen LogP contribution < -0.4 is 5.32 Å². The fraction of sp³-hybridized carbons (Fsp3) is 0.227. The van der Waals surface area contributed by atoms with Crippen molar-refractivity contribution >= 4 is 17.5 Å². The summed E-state index contributed by atoms with van der Waals surface area (Å²) in [4.78, 5) is 26.8. The minimum Gasteiger partial charge on any atom is -0.339 e. The molecule has 0 atom stereocenters. The Morgan fingerprint density at radius 3 is 2.24 bits per heavy atom. The highest BCUT2D eigenvalue weighted by Gasteiger charge is 2.16. The molecule has 150 valence electrons. The number of hydrogen-bond donors (Lipinski definition) is 1. The van der Waals surface area contributed by atoms with Crippen LogP contribution in [-0.2, 0) is 0 Å². The van der Waals surface area contributed by atoms with Gasteiger partial charge in [0.2, 0.25) is 0 Å². The van der Waals surface area contributed by atoms with E-state index < -0.39 is 0 Å². The van der Waals surface area contributed by atoms with Crippen LogP contribution in [0.25, 0.3) is 5.69 Å². The molecule has 0 aliphatic heterocycles. The lowest BCUT2D eigenvalue weighted by molar-refractivity contribution is 0.0773. The monoisotopic (exact) mass is 394 g/mol. The summed E-state index contributed by atoms with van der Waals surface area (Å²) in [5.41, 5.74) is 2.88. The molecule has 7 heteroatoms. The second kappa shape index (κ2) is 8.68. The maximum atomic E-state index is 13.1. The van der Waals surface area contributed by atoms with Crippen molar-refractivity contribution in [1.82, 2.24) is 14.7 Å². The van der Waals surface area contributed by atoms with Gasteiger partial charge in [-0.3, -0.25) is 9.59 Å². The zero-order valence-corrected chi connectivity index (χ0v) is 16.6. The van der Waals surface area contributed by atoms with E-state index in [4.69, 9.17) is 0 Å². The average Bonchev–Trinajstić information content (AvgIpc) is 3.11. The maximum Gasteiger partial charge on any atom is 0.259 e. The Bertz CT molecular complexity index is 1010. The van der Waals surface area contributed by atoms with E-state index in [1.165, 1.54) is 18.3 Å². The summed E-state index contributed by atoms with van der Waals surface area (Å²) in [5, 5.41) is 7.06. The van der Waals surface area contributed by atoms with Crippen LogP contribution in [0.5, 0.6) is 0 Å². The molecule has 0 aliphatic rings. The van der Waals surface area contributed by atoms with Crippen molar-refractivity contribution < 1.29 is 14.0 Å².